The second-order valence-electron chi connectivity index (χ2n) is 5.37. The van der Waals surface area contributed by atoms with E-state index in [1.165, 1.54) is 27.2 Å². The highest BCUT2D eigenvalue weighted by atomic mass is 35.5. The smallest absolute Gasteiger partial charge is 0.335 e. The van der Waals surface area contributed by atoms with Gasteiger partial charge in [0, 0.05) is 18.0 Å². The molecule has 25 heavy (non-hydrogen) atoms. The van der Waals surface area contributed by atoms with Crippen LogP contribution in [0.5, 0.6) is 5.88 Å². The van der Waals surface area contributed by atoms with Gasteiger partial charge in [-0.2, -0.15) is 8.97 Å². The number of aromatic hydroxyl groups is 1. The standard InChI is InChI=1S/C15H14ClN3O4S2/c1-2-25(22,23)9-11(20)13-14(21)19(8-10-7-17-15(16)24-10)12-5-3-4-6-18(12)13/h3-7H,2,8-9H2,1H3/p+1. The van der Waals surface area contributed by atoms with Crippen LogP contribution in [0.15, 0.2) is 30.6 Å². The number of sulfone groups is 1. The van der Waals surface area contributed by atoms with Crippen molar-refractivity contribution in [3.05, 3.63) is 45.6 Å². The van der Waals surface area contributed by atoms with Gasteiger partial charge in [0.05, 0.1) is 11.1 Å². The third-order valence-corrected chi connectivity index (χ3v) is 6.40. The van der Waals surface area contributed by atoms with Crippen molar-refractivity contribution in [1.29, 1.82) is 0 Å². The fourth-order valence-corrected chi connectivity index (χ4v) is 4.19. The number of halogens is 1. The number of nitrogens with zero attached hydrogens (tertiary/aromatic N) is 3. The number of aromatic nitrogens is 3. The lowest BCUT2D eigenvalue weighted by Crippen LogP contribution is -2.33. The second-order valence-corrected chi connectivity index (χ2v) is 9.42. The summed E-state index contributed by atoms with van der Waals surface area (Å²) in [5, 5.41) is 10.6. The van der Waals surface area contributed by atoms with E-state index < -0.39 is 21.4 Å². The monoisotopic (exact) mass is 400 g/mol. The number of Topliss-reactive ketones (excluding diaryl/α,β-unsaturated/α-hetero) is 1. The molecule has 3 aromatic heterocycles. The summed E-state index contributed by atoms with van der Waals surface area (Å²) >= 11 is 7.10. The van der Waals surface area contributed by atoms with Gasteiger partial charge in [-0.3, -0.25) is 4.79 Å². The first-order chi connectivity index (χ1) is 11.8. The Hall–Kier alpha value is -1.97. The number of carbonyl (C=O) groups excluding carboxylic acids is 1. The minimum absolute atomic E-state index is 0.0526. The van der Waals surface area contributed by atoms with E-state index in [1.54, 1.807) is 30.6 Å². The summed E-state index contributed by atoms with van der Waals surface area (Å²) < 4.78 is 27.0. The summed E-state index contributed by atoms with van der Waals surface area (Å²) in [4.78, 5) is 17.3. The highest BCUT2D eigenvalue weighted by molar-refractivity contribution is 7.92. The minimum atomic E-state index is -3.51. The molecular formula is C15H15ClN3O4S2+. The average Bonchev–Trinajstić information content (AvgIpc) is 3.09. The molecule has 0 aliphatic carbocycles. The van der Waals surface area contributed by atoms with Gasteiger partial charge in [-0.15, -0.1) is 11.3 Å². The molecule has 0 unspecified atom stereocenters. The summed E-state index contributed by atoms with van der Waals surface area (Å²) in [5.41, 5.74) is 0.505. The first-order valence-electron chi connectivity index (χ1n) is 7.38. The van der Waals surface area contributed by atoms with E-state index in [2.05, 4.69) is 4.98 Å². The van der Waals surface area contributed by atoms with Gasteiger partial charge in [0.1, 0.15) is 12.3 Å². The molecule has 0 fully saturated rings. The van der Waals surface area contributed by atoms with E-state index in [9.17, 15) is 18.3 Å². The quantitative estimate of drug-likeness (QED) is 0.502. The predicted octanol–water partition coefficient (Wildman–Crippen LogP) is 1.71. The van der Waals surface area contributed by atoms with Crippen molar-refractivity contribution in [2.45, 2.75) is 13.5 Å². The van der Waals surface area contributed by atoms with Crippen molar-refractivity contribution in [2.75, 3.05) is 11.5 Å². The summed E-state index contributed by atoms with van der Waals surface area (Å²) in [6.07, 6.45) is 3.20. The zero-order valence-corrected chi connectivity index (χ0v) is 15.6. The second kappa shape index (κ2) is 6.74. The Morgan fingerprint density at radius 3 is 2.84 bits per heavy atom. The van der Waals surface area contributed by atoms with Crippen molar-refractivity contribution in [3.63, 3.8) is 0 Å². The molecule has 3 aromatic rings. The number of ketones is 1. The lowest BCUT2D eigenvalue weighted by atomic mass is 10.3. The molecule has 0 radical (unpaired) electrons. The van der Waals surface area contributed by atoms with Crippen molar-refractivity contribution >= 4 is 44.2 Å². The fraction of sp³-hybridized carbons (Fsp3) is 0.267. The lowest BCUT2D eigenvalue weighted by Gasteiger charge is -1.98. The third-order valence-electron chi connectivity index (χ3n) is 3.72. The molecule has 3 heterocycles. The molecule has 0 bridgehead atoms. The molecule has 132 valence electrons. The maximum absolute atomic E-state index is 12.5. The molecule has 3 rings (SSSR count). The van der Waals surface area contributed by atoms with Crippen molar-refractivity contribution in [1.82, 2.24) is 9.38 Å². The van der Waals surface area contributed by atoms with Crippen LogP contribution in [0, 0.1) is 0 Å². The topological polar surface area (TPSA) is 92.6 Å². The number of imidazole rings is 1. The van der Waals surface area contributed by atoms with Gasteiger partial charge in [-0.05, 0) is 6.07 Å². The van der Waals surface area contributed by atoms with Crippen LogP contribution in [-0.2, 0) is 16.4 Å². The van der Waals surface area contributed by atoms with E-state index in [0.29, 0.717) is 10.1 Å². The van der Waals surface area contributed by atoms with E-state index in [4.69, 9.17) is 11.6 Å². The molecule has 1 N–H and O–H groups in total. The molecule has 0 aliphatic heterocycles. The van der Waals surface area contributed by atoms with Gasteiger partial charge in [-0.1, -0.05) is 24.6 Å². The molecule has 7 nitrogen and oxygen atoms in total. The summed E-state index contributed by atoms with van der Waals surface area (Å²) in [7, 11) is -3.51. The van der Waals surface area contributed by atoms with Crippen LogP contribution in [-0.4, -0.2) is 40.2 Å². The van der Waals surface area contributed by atoms with Crippen LogP contribution >= 0.6 is 22.9 Å². The summed E-state index contributed by atoms with van der Waals surface area (Å²) in [5.74, 6) is -1.72. The van der Waals surface area contributed by atoms with Gasteiger partial charge in [0.25, 0.3) is 11.3 Å². The Balaban J connectivity index is 2.10. The Morgan fingerprint density at radius 2 is 2.20 bits per heavy atom. The van der Waals surface area contributed by atoms with Crippen LogP contribution in [0.2, 0.25) is 4.47 Å². The van der Waals surface area contributed by atoms with Crippen LogP contribution in [0.3, 0.4) is 0 Å². The van der Waals surface area contributed by atoms with Crippen molar-refractivity contribution < 1.29 is 22.9 Å². The molecule has 0 atom stereocenters. The highest BCUT2D eigenvalue weighted by Gasteiger charge is 2.32. The largest absolute Gasteiger partial charge is 0.475 e. The van der Waals surface area contributed by atoms with E-state index in [1.807, 2.05) is 0 Å². The van der Waals surface area contributed by atoms with Crippen LogP contribution in [0.1, 0.15) is 22.3 Å². The zero-order valence-electron chi connectivity index (χ0n) is 13.2. The number of fused-ring (bicyclic) bond motifs is 1. The summed E-state index contributed by atoms with van der Waals surface area (Å²) in [6, 6.07) is 5.20. The lowest BCUT2D eigenvalue weighted by molar-refractivity contribution is -0.667. The van der Waals surface area contributed by atoms with Gasteiger partial charge < -0.3 is 5.11 Å². The molecule has 0 saturated carbocycles. The number of rotatable bonds is 6. The number of thiazole rings is 1. The SMILES string of the molecule is CCS(=O)(=O)CC(=O)c1c(O)[n+](Cc2cnc(Cl)s2)c2ccccn12. The van der Waals surface area contributed by atoms with Crippen molar-refractivity contribution in [2.24, 2.45) is 0 Å². The Morgan fingerprint density at radius 1 is 1.44 bits per heavy atom. The molecular weight excluding hydrogens is 386 g/mol. The number of hydrogen-bond donors (Lipinski definition) is 1. The third kappa shape index (κ3) is 3.53. The van der Waals surface area contributed by atoms with Gasteiger partial charge in [0.2, 0.25) is 5.78 Å². The van der Waals surface area contributed by atoms with Gasteiger partial charge in [-0.25, -0.2) is 13.4 Å². The number of carbonyl (C=O) groups is 1. The Kier molecular flexibility index (Phi) is 4.81. The molecule has 0 aliphatic rings. The van der Waals surface area contributed by atoms with Crippen LogP contribution in [0.25, 0.3) is 5.65 Å². The van der Waals surface area contributed by atoms with Gasteiger partial charge in [0.15, 0.2) is 14.3 Å². The highest BCUT2D eigenvalue weighted by Crippen LogP contribution is 2.22. The summed E-state index contributed by atoms with van der Waals surface area (Å²) in [6.45, 7) is 1.74. The van der Waals surface area contributed by atoms with Crippen LogP contribution < -0.4 is 4.57 Å². The minimum Gasteiger partial charge on any atom is -0.475 e. The number of pyridine rings is 1. The van der Waals surface area contributed by atoms with Crippen molar-refractivity contribution in [3.8, 4) is 5.88 Å². The molecule has 0 amide bonds. The predicted molar refractivity (Wildman–Crippen MR) is 94.1 cm³/mol. The average molecular weight is 401 g/mol. The first kappa shape index (κ1) is 17.8. The van der Waals surface area contributed by atoms with Gasteiger partial charge >= 0.3 is 5.88 Å². The van der Waals surface area contributed by atoms with Crippen LogP contribution in [0.4, 0.5) is 0 Å². The Bertz CT molecular complexity index is 1060. The number of hydrogen-bond acceptors (Lipinski definition) is 6. The maximum Gasteiger partial charge on any atom is 0.335 e. The van der Waals surface area contributed by atoms with E-state index >= 15 is 0 Å². The zero-order chi connectivity index (χ0) is 18.2. The molecule has 0 aromatic carbocycles. The van der Waals surface area contributed by atoms with E-state index in [-0.39, 0.29) is 23.9 Å². The first-order valence-corrected chi connectivity index (χ1v) is 10.4. The molecule has 0 saturated heterocycles. The van der Waals surface area contributed by atoms with E-state index in [0.717, 1.165) is 4.88 Å². The normalized spacial score (nSPS) is 11.9. The fourth-order valence-electron chi connectivity index (χ4n) is 2.48. The maximum atomic E-state index is 12.5. The molecule has 0 spiro atoms. The Labute approximate surface area is 153 Å². The molecule has 10 heteroatoms.